The van der Waals surface area contributed by atoms with Crippen LogP contribution in [0, 0.1) is 17.8 Å². The number of fused-ring (bicyclic) bond motifs is 3. The first-order valence-electron chi connectivity index (χ1n) is 7.53. The lowest BCUT2D eigenvalue weighted by molar-refractivity contribution is -0.117. The zero-order chi connectivity index (χ0) is 14.4. The predicted octanol–water partition coefficient (Wildman–Crippen LogP) is 4.71. The topological polar surface area (TPSA) is 42.0 Å². The number of nitrogens with one attached hydrogen (secondary N) is 1. The Bertz CT molecular complexity index is 699. The van der Waals surface area contributed by atoms with Crippen LogP contribution in [0.4, 0.5) is 5.13 Å². The molecule has 0 unspecified atom stereocenters. The third kappa shape index (κ3) is 2.67. The number of halogens is 1. The maximum Gasteiger partial charge on any atom is 0.226 e. The fourth-order valence-corrected chi connectivity index (χ4v) is 5.14. The highest BCUT2D eigenvalue weighted by Crippen LogP contribution is 2.49. The van der Waals surface area contributed by atoms with Crippen molar-refractivity contribution in [3.05, 3.63) is 23.2 Å². The van der Waals surface area contributed by atoms with Crippen molar-refractivity contribution in [2.45, 2.75) is 32.1 Å². The summed E-state index contributed by atoms with van der Waals surface area (Å²) < 4.78 is 1.01. The Morgan fingerprint density at radius 1 is 1.38 bits per heavy atom. The number of thiazole rings is 1. The van der Waals surface area contributed by atoms with E-state index in [1.165, 1.54) is 37.0 Å². The van der Waals surface area contributed by atoms with E-state index in [-0.39, 0.29) is 5.91 Å². The Kier molecular flexibility index (Phi) is 3.38. The van der Waals surface area contributed by atoms with Gasteiger partial charge in [0.15, 0.2) is 5.13 Å². The summed E-state index contributed by atoms with van der Waals surface area (Å²) in [6.07, 6.45) is 5.94. The summed E-state index contributed by atoms with van der Waals surface area (Å²) in [4.78, 5) is 16.7. The number of rotatable bonds is 3. The number of aromatic nitrogens is 1. The summed E-state index contributed by atoms with van der Waals surface area (Å²) in [5.74, 6) is 2.37. The molecule has 0 radical (unpaired) electrons. The Morgan fingerprint density at radius 2 is 2.29 bits per heavy atom. The third-order valence-corrected chi connectivity index (χ3v) is 6.10. The number of hydrogen-bond donors (Lipinski definition) is 1. The minimum atomic E-state index is 0.109. The van der Waals surface area contributed by atoms with Gasteiger partial charge in [0.05, 0.1) is 10.2 Å². The molecule has 0 saturated heterocycles. The second kappa shape index (κ2) is 5.25. The van der Waals surface area contributed by atoms with E-state index >= 15 is 0 Å². The number of amides is 1. The highest BCUT2D eigenvalue weighted by atomic mass is 35.5. The van der Waals surface area contributed by atoms with E-state index < -0.39 is 0 Å². The molecule has 1 aromatic carbocycles. The standard InChI is InChI=1S/C16H17ClN2OS/c17-12-3-4-13-14(8-12)21-16(18-13)19-15(20)7-11-6-9-1-2-10(11)5-9/h3-4,8-11H,1-2,5-7H2,(H,18,19,20)/t9-,10+,11+/m0/s1. The fraction of sp³-hybridized carbons (Fsp3) is 0.500. The van der Waals surface area contributed by atoms with Crippen LogP contribution in [0.15, 0.2) is 18.2 Å². The molecule has 1 N–H and O–H groups in total. The minimum absolute atomic E-state index is 0.109. The quantitative estimate of drug-likeness (QED) is 0.889. The zero-order valence-corrected chi connectivity index (χ0v) is 13.2. The van der Waals surface area contributed by atoms with Crippen LogP contribution < -0.4 is 5.32 Å². The highest BCUT2D eigenvalue weighted by Gasteiger charge is 2.40. The van der Waals surface area contributed by atoms with Crippen molar-refractivity contribution in [1.82, 2.24) is 4.98 Å². The number of anilines is 1. The number of carbonyl (C=O) groups excluding carboxylic acids is 1. The number of nitrogens with zero attached hydrogens (tertiary/aromatic N) is 1. The first-order valence-corrected chi connectivity index (χ1v) is 8.73. The van der Waals surface area contributed by atoms with Gasteiger partial charge in [0, 0.05) is 11.4 Å². The molecule has 2 bridgehead atoms. The molecule has 2 saturated carbocycles. The number of hydrogen-bond acceptors (Lipinski definition) is 3. The molecule has 3 atom stereocenters. The maximum absolute atomic E-state index is 12.2. The van der Waals surface area contributed by atoms with Crippen LogP contribution in [0.25, 0.3) is 10.2 Å². The van der Waals surface area contributed by atoms with E-state index in [4.69, 9.17) is 11.6 Å². The van der Waals surface area contributed by atoms with Gasteiger partial charge in [-0.3, -0.25) is 4.79 Å². The van der Waals surface area contributed by atoms with Crippen molar-refractivity contribution >= 4 is 44.2 Å². The van der Waals surface area contributed by atoms with Crippen LogP contribution in [0.2, 0.25) is 5.02 Å². The van der Waals surface area contributed by atoms with Crippen molar-refractivity contribution in [3.63, 3.8) is 0 Å². The number of benzene rings is 1. The molecule has 1 amide bonds. The lowest BCUT2D eigenvalue weighted by Crippen LogP contribution is -2.20. The van der Waals surface area contributed by atoms with Crippen molar-refractivity contribution in [3.8, 4) is 0 Å². The molecule has 110 valence electrons. The molecule has 2 aliphatic rings. The van der Waals surface area contributed by atoms with Crippen molar-refractivity contribution in [1.29, 1.82) is 0 Å². The summed E-state index contributed by atoms with van der Waals surface area (Å²) in [5, 5.41) is 4.34. The lowest BCUT2D eigenvalue weighted by atomic mass is 9.86. The SMILES string of the molecule is O=C(C[C@H]1C[C@H]2CC[C@@H]1C2)Nc1nc2ccc(Cl)cc2s1. The van der Waals surface area contributed by atoms with Gasteiger partial charge < -0.3 is 5.32 Å². The average molecular weight is 321 g/mol. The van der Waals surface area contributed by atoms with Gasteiger partial charge in [0.2, 0.25) is 5.91 Å². The molecule has 0 spiro atoms. The third-order valence-electron chi connectivity index (χ3n) is 4.93. The Hall–Kier alpha value is -1.13. The summed E-state index contributed by atoms with van der Waals surface area (Å²) in [6, 6.07) is 5.60. The molecule has 5 heteroatoms. The average Bonchev–Trinajstić information content (AvgIpc) is 3.12. The minimum Gasteiger partial charge on any atom is -0.302 e. The van der Waals surface area contributed by atoms with Crippen LogP contribution in [-0.4, -0.2) is 10.9 Å². The van der Waals surface area contributed by atoms with Crippen LogP contribution in [0.3, 0.4) is 0 Å². The Balaban J connectivity index is 1.43. The molecule has 2 fully saturated rings. The van der Waals surface area contributed by atoms with Gasteiger partial charge in [0.1, 0.15) is 0 Å². The Labute approximate surface area is 132 Å². The van der Waals surface area contributed by atoms with E-state index in [1.807, 2.05) is 18.2 Å². The maximum atomic E-state index is 12.2. The van der Waals surface area contributed by atoms with Crippen LogP contribution >= 0.6 is 22.9 Å². The second-order valence-electron chi connectivity index (χ2n) is 6.32. The highest BCUT2D eigenvalue weighted by molar-refractivity contribution is 7.22. The molecule has 1 aromatic heterocycles. The first kappa shape index (κ1) is 13.5. The Morgan fingerprint density at radius 3 is 3.05 bits per heavy atom. The van der Waals surface area contributed by atoms with Crippen molar-refractivity contribution in [2.24, 2.45) is 17.8 Å². The van der Waals surface area contributed by atoms with E-state index in [0.29, 0.717) is 22.5 Å². The molecule has 1 heterocycles. The van der Waals surface area contributed by atoms with E-state index in [9.17, 15) is 4.79 Å². The van der Waals surface area contributed by atoms with Gasteiger partial charge in [-0.2, -0.15) is 0 Å². The molecular formula is C16H17ClN2OS. The van der Waals surface area contributed by atoms with E-state index in [1.54, 1.807) is 0 Å². The van der Waals surface area contributed by atoms with Gasteiger partial charge in [0.25, 0.3) is 0 Å². The molecule has 21 heavy (non-hydrogen) atoms. The largest absolute Gasteiger partial charge is 0.302 e. The normalized spacial score (nSPS) is 27.4. The monoisotopic (exact) mass is 320 g/mol. The van der Waals surface area contributed by atoms with Gasteiger partial charge in [-0.05, 0) is 55.2 Å². The lowest BCUT2D eigenvalue weighted by Gasteiger charge is -2.20. The summed E-state index contributed by atoms with van der Waals surface area (Å²) in [6.45, 7) is 0. The molecular weight excluding hydrogens is 304 g/mol. The zero-order valence-electron chi connectivity index (χ0n) is 11.6. The molecule has 4 rings (SSSR count). The van der Waals surface area contributed by atoms with E-state index in [2.05, 4.69) is 10.3 Å². The summed E-state index contributed by atoms with van der Waals surface area (Å²) in [7, 11) is 0. The van der Waals surface area contributed by atoms with Crippen LogP contribution in [0.5, 0.6) is 0 Å². The van der Waals surface area contributed by atoms with Gasteiger partial charge in [-0.1, -0.05) is 29.4 Å². The molecule has 2 aromatic rings. The molecule has 2 aliphatic carbocycles. The first-order chi connectivity index (χ1) is 10.2. The van der Waals surface area contributed by atoms with Crippen molar-refractivity contribution < 1.29 is 4.79 Å². The van der Waals surface area contributed by atoms with E-state index in [0.717, 1.165) is 22.1 Å². The molecule has 3 nitrogen and oxygen atoms in total. The fourth-order valence-electron chi connectivity index (χ4n) is 3.99. The molecule has 0 aliphatic heterocycles. The smallest absolute Gasteiger partial charge is 0.226 e. The second-order valence-corrected chi connectivity index (χ2v) is 7.79. The summed E-state index contributed by atoms with van der Waals surface area (Å²) >= 11 is 7.46. The van der Waals surface area contributed by atoms with Crippen LogP contribution in [0.1, 0.15) is 32.1 Å². The van der Waals surface area contributed by atoms with Crippen LogP contribution in [-0.2, 0) is 4.79 Å². The predicted molar refractivity (Wildman–Crippen MR) is 86.8 cm³/mol. The van der Waals surface area contributed by atoms with Gasteiger partial charge >= 0.3 is 0 Å². The van der Waals surface area contributed by atoms with Crippen molar-refractivity contribution in [2.75, 3.05) is 5.32 Å². The van der Waals surface area contributed by atoms with Gasteiger partial charge in [-0.25, -0.2) is 4.98 Å². The number of carbonyl (C=O) groups is 1. The summed E-state index contributed by atoms with van der Waals surface area (Å²) in [5.41, 5.74) is 0.889. The van der Waals surface area contributed by atoms with Gasteiger partial charge in [-0.15, -0.1) is 0 Å².